The molecule has 0 saturated carbocycles. The first-order valence-corrected chi connectivity index (χ1v) is 6.83. The van der Waals surface area contributed by atoms with Crippen molar-refractivity contribution in [1.29, 1.82) is 0 Å². The van der Waals surface area contributed by atoms with E-state index in [0.29, 0.717) is 17.7 Å². The largest absolute Gasteiger partial charge is 0.419 e. The summed E-state index contributed by atoms with van der Waals surface area (Å²) in [5.74, 6) is 0.401. The minimum absolute atomic E-state index is 0.117. The molecule has 1 unspecified atom stereocenters. The average molecular weight is 294 g/mol. The molecular formula is C13H14F4OS. The fourth-order valence-corrected chi connectivity index (χ4v) is 2.25. The molecule has 0 amide bonds. The fourth-order valence-electron chi connectivity index (χ4n) is 1.41. The summed E-state index contributed by atoms with van der Waals surface area (Å²) in [5.41, 5.74) is 0.561. The Labute approximate surface area is 113 Å². The summed E-state index contributed by atoms with van der Waals surface area (Å²) in [5, 5.41) is -0.117. The molecule has 0 spiro atoms. The van der Waals surface area contributed by atoms with Crippen molar-refractivity contribution in [3.8, 4) is 0 Å². The third-order valence-corrected chi connectivity index (χ3v) is 3.44. The van der Waals surface area contributed by atoms with E-state index >= 15 is 0 Å². The molecule has 106 valence electrons. The predicted octanol–water partition coefficient (Wildman–Crippen LogP) is 4.63. The van der Waals surface area contributed by atoms with Crippen LogP contribution in [0.3, 0.4) is 0 Å². The summed E-state index contributed by atoms with van der Waals surface area (Å²) >= 11 is 1.05. The van der Waals surface area contributed by atoms with Gasteiger partial charge in [0.15, 0.2) is 6.17 Å². The lowest BCUT2D eigenvalue weighted by Gasteiger charge is -2.11. The average Bonchev–Trinajstić information content (AvgIpc) is 2.37. The summed E-state index contributed by atoms with van der Waals surface area (Å²) in [4.78, 5) is 11.6. The van der Waals surface area contributed by atoms with E-state index < -0.39 is 18.8 Å². The number of unbranched alkanes of at least 4 members (excludes halogenated alkanes) is 1. The number of hydrogen-bond donors (Lipinski definition) is 0. The van der Waals surface area contributed by atoms with Gasteiger partial charge in [-0.05, 0) is 19.3 Å². The molecule has 6 heteroatoms. The molecule has 1 aromatic carbocycles. The number of halogens is 4. The van der Waals surface area contributed by atoms with E-state index in [9.17, 15) is 22.4 Å². The van der Waals surface area contributed by atoms with Crippen molar-refractivity contribution in [2.45, 2.75) is 31.6 Å². The highest BCUT2D eigenvalue weighted by molar-refractivity contribution is 8.14. The Bertz CT molecular complexity index is 391. The maximum atomic E-state index is 12.6. The number of alkyl halides is 4. The second kappa shape index (κ2) is 7.53. The van der Waals surface area contributed by atoms with Crippen LogP contribution in [0.15, 0.2) is 30.3 Å². The van der Waals surface area contributed by atoms with Crippen LogP contribution < -0.4 is 0 Å². The topological polar surface area (TPSA) is 17.1 Å². The van der Waals surface area contributed by atoms with E-state index in [1.54, 1.807) is 30.3 Å². The number of carbonyl (C=O) groups is 1. The molecule has 0 heterocycles. The molecule has 0 N–H and O–H groups in total. The van der Waals surface area contributed by atoms with Gasteiger partial charge < -0.3 is 0 Å². The molecule has 0 bridgehead atoms. The zero-order valence-electron chi connectivity index (χ0n) is 10.1. The third-order valence-electron chi connectivity index (χ3n) is 2.45. The van der Waals surface area contributed by atoms with Gasteiger partial charge in [0.05, 0.1) is 0 Å². The first kappa shape index (κ1) is 16.0. The van der Waals surface area contributed by atoms with Crippen LogP contribution in [-0.2, 0) is 0 Å². The van der Waals surface area contributed by atoms with Crippen molar-refractivity contribution in [3.63, 3.8) is 0 Å². The maximum absolute atomic E-state index is 12.6. The molecule has 0 saturated heterocycles. The van der Waals surface area contributed by atoms with Gasteiger partial charge in [-0.25, -0.2) is 4.39 Å². The van der Waals surface area contributed by atoms with Crippen LogP contribution in [-0.4, -0.2) is 23.2 Å². The molecule has 1 nitrogen and oxygen atoms in total. The lowest BCUT2D eigenvalue weighted by molar-refractivity contribution is -0.182. The smallest absolute Gasteiger partial charge is 0.282 e. The summed E-state index contributed by atoms with van der Waals surface area (Å²) in [6.07, 6.45) is -7.56. The minimum atomic E-state index is -4.77. The van der Waals surface area contributed by atoms with Crippen LogP contribution in [0.1, 0.15) is 29.6 Å². The highest BCUT2D eigenvalue weighted by Gasteiger charge is 2.39. The van der Waals surface area contributed by atoms with Gasteiger partial charge in [0.25, 0.3) is 0 Å². The number of thioether (sulfide) groups is 1. The van der Waals surface area contributed by atoms with E-state index in [-0.39, 0.29) is 11.5 Å². The van der Waals surface area contributed by atoms with E-state index in [0.717, 1.165) is 11.8 Å². The summed E-state index contributed by atoms with van der Waals surface area (Å²) < 4.78 is 48.2. The Morgan fingerprint density at radius 2 is 1.79 bits per heavy atom. The Balaban J connectivity index is 2.17. The Morgan fingerprint density at radius 1 is 1.16 bits per heavy atom. The Hall–Kier alpha value is -1.04. The van der Waals surface area contributed by atoms with Crippen LogP contribution in [0.25, 0.3) is 0 Å². The van der Waals surface area contributed by atoms with E-state index in [1.165, 1.54) is 0 Å². The lowest BCUT2D eigenvalue weighted by atomic mass is 10.2. The molecular weight excluding hydrogens is 280 g/mol. The van der Waals surface area contributed by atoms with Gasteiger partial charge in [-0.3, -0.25) is 4.79 Å². The first-order valence-electron chi connectivity index (χ1n) is 5.84. The SMILES string of the molecule is O=C(SCCCCC(F)C(F)(F)F)c1ccccc1. The van der Waals surface area contributed by atoms with Crippen molar-refractivity contribution in [1.82, 2.24) is 0 Å². The highest BCUT2D eigenvalue weighted by Crippen LogP contribution is 2.27. The van der Waals surface area contributed by atoms with Crippen LogP contribution in [0.5, 0.6) is 0 Å². The van der Waals surface area contributed by atoms with Gasteiger partial charge in [-0.15, -0.1) is 0 Å². The fraction of sp³-hybridized carbons (Fsp3) is 0.462. The van der Waals surface area contributed by atoms with E-state index in [1.807, 2.05) is 0 Å². The van der Waals surface area contributed by atoms with Gasteiger partial charge in [-0.1, -0.05) is 42.1 Å². The Kier molecular flexibility index (Phi) is 6.34. The molecule has 1 aromatic rings. The standard InChI is InChI=1S/C13H14F4OS/c14-11(13(15,16)17)8-4-5-9-19-12(18)10-6-2-1-3-7-10/h1-3,6-7,11H,4-5,8-9H2. The quantitative estimate of drug-likeness (QED) is 0.562. The monoisotopic (exact) mass is 294 g/mol. The molecule has 0 aliphatic carbocycles. The summed E-state index contributed by atoms with van der Waals surface area (Å²) in [7, 11) is 0. The van der Waals surface area contributed by atoms with Gasteiger partial charge >= 0.3 is 6.18 Å². The molecule has 0 fully saturated rings. The number of hydrogen-bond acceptors (Lipinski definition) is 2. The van der Waals surface area contributed by atoms with Crippen molar-refractivity contribution in [2.75, 3.05) is 5.75 Å². The number of carbonyl (C=O) groups excluding carboxylic acids is 1. The second-order valence-corrected chi connectivity index (χ2v) is 5.07. The molecule has 0 aliphatic heterocycles. The molecule has 0 aromatic heterocycles. The molecule has 1 atom stereocenters. The predicted molar refractivity (Wildman–Crippen MR) is 68.0 cm³/mol. The molecule has 19 heavy (non-hydrogen) atoms. The van der Waals surface area contributed by atoms with E-state index in [2.05, 4.69) is 0 Å². The van der Waals surface area contributed by atoms with Crippen LogP contribution in [0, 0.1) is 0 Å². The third kappa shape index (κ3) is 6.09. The van der Waals surface area contributed by atoms with Crippen LogP contribution >= 0.6 is 11.8 Å². The van der Waals surface area contributed by atoms with Gasteiger partial charge in [-0.2, -0.15) is 13.2 Å². The first-order chi connectivity index (χ1) is 8.91. The van der Waals surface area contributed by atoms with Crippen LogP contribution in [0.4, 0.5) is 17.6 Å². The molecule has 1 rings (SSSR count). The van der Waals surface area contributed by atoms with Crippen molar-refractivity contribution in [3.05, 3.63) is 35.9 Å². The van der Waals surface area contributed by atoms with E-state index in [4.69, 9.17) is 0 Å². The van der Waals surface area contributed by atoms with Crippen molar-refractivity contribution >= 4 is 16.9 Å². The number of rotatable bonds is 6. The zero-order valence-corrected chi connectivity index (χ0v) is 10.9. The lowest BCUT2D eigenvalue weighted by Crippen LogP contribution is -2.24. The summed E-state index contributed by atoms with van der Waals surface area (Å²) in [6.45, 7) is 0. The second-order valence-electron chi connectivity index (χ2n) is 4.01. The summed E-state index contributed by atoms with van der Waals surface area (Å²) in [6, 6.07) is 8.63. The maximum Gasteiger partial charge on any atom is 0.419 e. The molecule has 0 aliphatic rings. The van der Waals surface area contributed by atoms with Gasteiger partial charge in [0, 0.05) is 11.3 Å². The normalized spacial score (nSPS) is 13.3. The zero-order chi connectivity index (χ0) is 14.3. The Morgan fingerprint density at radius 3 is 2.37 bits per heavy atom. The minimum Gasteiger partial charge on any atom is -0.282 e. The number of benzene rings is 1. The van der Waals surface area contributed by atoms with Gasteiger partial charge in [0.2, 0.25) is 5.12 Å². The van der Waals surface area contributed by atoms with Gasteiger partial charge in [0.1, 0.15) is 0 Å². The highest BCUT2D eigenvalue weighted by atomic mass is 32.2. The van der Waals surface area contributed by atoms with Crippen molar-refractivity contribution < 1.29 is 22.4 Å². The van der Waals surface area contributed by atoms with Crippen LogP contribution in [0.2, 0.25) is 0 Å². The van der Waals surface area contributed by atoms with Crippen molar-refractivity contribution in [2.24, 2.45) is 0 Å². The molecule has 0 radical (unpaired) electrons.